The lowest BCUT2D eigenvalue weighted by Crippen LogP contribution is -2.44. The second kappa shape index (κ2) is 7.93. The van der Waals surface area contributed by atoms with Gasteiger partial charge in [-0.3, -0.25) is 9.59 Å². The molecule has 31 heavy (non-hydrogen) atoms. The van der Waals surface area contributed by atoms with Crippen molar-refractivity contribution in [1.82, 2.24) is 19.2 Å². The largest absolute Gasteiger partial charge is 0.416 e. The van der Waals surface area contributed by atoms with Gasteiger partial charge in [0.25, 0.3) is 5.91 Å². The SMILES string of the molecule is NC(=O)C1CCCN(C(=O)c2cnn(-c3cccc(C(F)(F)F)c3)c2-n2cccc2)C1. The summed E-state index contributed by atoms with van der Waals surface area (Å²) in [7, 11) is 0. The summed E-state index contributed by atoms with van der Waals surface area (Å²) >= 11 is 0. The van der Waals surface area contributed by atoms with Crippen molar-refractivity contribution >= 4 is 11.8 Å². The number of rotatable bonds is 4. The Labute approximate surface area is 175 Å². The minimum Gasteiger partial charge on any atom is -0.369 e. The highest BCUT2D eigenvalue weighted by atomic mass is 19.4. The van der Waals surface area contributed by atoms with Gasteiger partial charge in [0.15, 0.2) is 5.82 Å². The Morgan fingerprint density at radius 1 is 1.13 bits per heavy atom. The second-order valence-corrected chi connectivity index (χ2v) is 7.42. The Kier molecular flexibility index (Phi) is 5.30. The first-order valence-corrected chi connectivity index (χ1v) is 9.73. The molecule has 2 aromatic heterocycles. The van der Waals surface area contributed by atoms with Crippen molar-refractivity contribution in [3.05, 3.63) is 66.1 Å². The van der Waals surface area contributed by atoms with E-state index in [2.05, 4.69) is 5.10 Å². The zero-order valence-corrected chi connectivity index (χ0v) is 16.4. The molecule has 2 N–H and O–H groups in total. The van der Waals surface area contributed by atoms with Crippen LogP contribution in [0.1, 0.15) is 28.8 Å². The van der Waals surface area contributed by atoms with E-state index in [-0.39, 0.29) is 23.7 Å². The Balaban J connectivity index is 1.77. The van der Waals surface area contributed by atoms with E-state index in [1.54, 1.807) is 34.0 Å². The summed E-state index contributed by atoms with van der Waals surface area (Å²) in [6.45, 7) is 0.663. The molecule has 4 rings (SSSR count). The van der Waals surface area contributed by atoms with Gasteiger partial charge in [0.2, 0.25) is 5.91 Å². The minimum absolute atomic E-state index is 0.172. The average molecular weight is 431 g/mol. The fourth-order valence-electron chi connectivity index (χ4n) is 3.78. The molecule has 7 nitrogen and oxygen atoms in total. The number of carbonyl (C=O) groups is 2. The molecule has 0 saturated carbocycles. The van der Waals surface area contributed by atoms with Crippen LogP contribution >= 0.6 is 0 Å². The van der Waals surface area contributed by atoms with E-state index in [1.807, 2.05) is 0 Å². The van der Waals surface area contributed by atoms with Gasteiger partial charge in [-0.1, -0.05) is 6.07 Å². The molecule has 2 amide bonds. The molecule has 1 atom stereocenters. The van der Waals surface area contributed by atoms with Crippen LogP contribution in [0, 0.1) is 5.92 Å². The van der Waals surface area contributed by atoms with Crippen LogP contribution in [0.2, 0.25) is 0 Å². The van der Waals surface area contributed by atoms with Gasteiger partial charge in [0, 0.05) is 25.5 Å². The highest BCUT2D eigenvalue weighted by molar-refractivity contribution is 5.97. The van der Waals surface area contributed by atoms with Crippen molar-refractivity contribution in [2.45, 2.75) is 19.0 Å². The molecule has 10 heteroatoms. The van der Waals surface area contributed by atoms with Crippen LogP contribution in [0.25, 0.3) is 11.5 Å². The molecule has 1 fully saturated rings. The van der Waals surface area contributed by atoms with Crippen molar-refractivity contribution in [2.24, 2.45) is 11.7 Å². The summed E-state index contributed by atoms with van der Waals surface area (Å²) in [6, 6.07) is 8.23. The van der Waals surface area contributed by atoms with Crippen LogP contribution in [0.5, 0.6) is 0 Å². The number of nitrogens with zero attached hydrogens (tertiary/aromatic N) is 4. The predicted octanol–water partition coefficient (Wildman–Crippen LogP) is 3.02. The highest BCUT2D eigenvalue weighted by Crippen LogP contribution is 2.31. The molecule has 1 aliphatic heterocycles. The zero-order valence-electron chi connectivity index (χ0n) is 16.4. The summed E-state index contributed by atoms with van der Waals surface area (Å²) < 4.78 is 42.5. The van der Waals surface area contributed by atoms with Gasteiger partial charge in [-0.05, 0) is 43.2 Å². The molecule has 0 aliphatic carbocycles. The Bertz CT molecular complexity index is 1100. The number of benzene rings is 1. The molecule has 0 radical (unpaired) electrons. The molecule has 1 saturated heterocycles. The van der Waals surface area contributed by atoms with Gasteiger partial charge in [0.1, 0.15) is 5.56 Å². The van der Waals surface area contributed by atoms with Crippen molar-refractivity contribution < 1.29 is 22.8 Å². The van der Waals surface area contributed by atoms with Crippen molar-refractivity contribution in [3.8, 4) is 11.5 Å². The third kappa shape index (κ3) is 4.05. The van der Waals surface area contributed by atoms with E-state index >= 15 is 0 Å². The number of carbonyl (C=O) groups excluding carboxylic acids is 2. The molecule has 3 aromatic rings. The number of piperidine rings is 1. The van der Waals surface area contributed by atoms with Gasteiger partial charge in [-0.25, -0.2) is 4.68 Å². The molecular weight excluding hydrogens is 411 g/mol. The zero-order chi connectivity index (χ0) is 22.2. The number of primary amides is 1. The number of amides is 2. The summed E-state index contributed by atoms with van der Waals surface area (Å²) in [4.78, 5) is 26.4. The maximum Gasteiger partial charge on any atom is 0.416 e. The monoisotopic (exact) mass is 431 g/mol. The fraction of sp³-hybridized carbons (Fsp3) is 0.286. The first-order valence-electron chi connectivity index (χ1n) is 9.73. The number of hydrogen-bond acceptors (Lipinski definition) is 3. The van der Waals surface area contributed by atoms with E-state index < -0.39 is 23.6 Å². The van der Waals surface area contributed by atoms with E-state index in [0.717, 1.165) is 12.1 Å². The molecule has 3 heterocycles. The highest BCUT2D eigenvalue weighted by Gasteiger charge is 2.32. The normalized spacial score (nSPS) is 17.0. The van der Waals surface area contributed by atoms with Crippen LogP contribution in [0.4, 0.5) is 13.2 Å². The van der Waals surface area contributed by atoms with Crippen LogP contribution in [0.15, 0.2) is 55.0 Å². The quantitative estimate of drug-likeness (QED) is 0.689. The Morgan fingerprint density at radius 2 is 1.87 bits per heavy atom. The summed E-state index contributed by atoms with van der Waals surface area (Å²) in [6.07, 6.45) is 1.45. The number of hydrogen-bond donors (Lipinski definition) is 1. The summed E-state index contributed by atoms with van der Waals surface area (Å²) in [5.41, 5.74) is 5.00. The standard InChI is InChI=1S/C21H20F3N5O2/c22-21(23,24)15-6-3-7-16(11-15)29-19(27-8-1-2-9-27)17(12-26-29)20(31)28-10-4-5-14(13-28)18(25)30/h1-3,6-9,11-12,14H,4-5,10,13H2,(H2,25,30). The van der Waals surface area contributed by atoms with E-state index in [4.69, 9.17) is 5.73 Å². The number of aromatic nitrogens is 3. The van der Waals surface area contributed by atoms with Gasteiger partial charge in [-0.2, -0.15) is 18.3 Å². The maximum absolute atomic E-state index is 13.3. The Morgan fingerprint density at radius 3 is 2.55 bits per heavy atom. The lowest BCUT2D eigenvalue weighted by molar-refractivity contribution is -0.137. The van der Waals surface area contributed by atoms with E-state index in [0.29, 0.717) is 25.2 Å². The molecule has 162 valence electrons. The number of nitrogens with two attached hydrogens (primary N) is 1. The topological polar surface area (TPSA) is 86.2 Å². The lowest BCUT2D eigenvalue weighted by Gasteiger charge is -2.31. The van der Waals surface area contributed by atoms with Crippen LogP contribution in [-0.2, 0) is 11.0 Å². The van der Waals surface area contributed by atoms with Crippen LogP contribution < -0.4 is 5.73 Å². The molecule has 1 unspecified atom stereocenters. The van der Waals surface area contributed by atoms with Gasteiger partial charge in [-0.15, -0.1) is 0 Å². The first kappa shape index (κ1) is 20.7. The average Bonchev–Trinajstić information content (AvgIpc) is 3.42. The molecule has 0 bridgehead atoms. The number of halogens is 3. The molecule has 1 aromatic carbocycles. The number of alkyl halides is 3. The third-order valence-electron chi connectivity index (χ3n) is 5.35. The van der Waals surface area contributed by atoms with Gasteiger partial charge >= 0.3 is 6.18 Å². The van der Waals surface area contributed by atoms with Crippen molar-refractivity contribution in [1.29, 1.82) is 0 Å². The van der Waals surface area contributed by atoms with E-state index in [1.165, 1.54) is 23.0 Å². The van der Waals surface area contributed by atoms with E-state index in [9.17, 15) is 22.8 Å². The minimum atomic E-state index is -4.51. The molecule has 1 aliphatic rings. The smallest absolute Gasteiger partial charge is 0.369 e. The Hall–Kier alpha value is -3.56. The van der Waals surface area contributed by atoms with Crippen LogP contribution in [0.3, 0.4) is 0 Å². The van der Waals surface area contributed by atoms with Crippen LogP contribution in [-0.4, -0.2) is 44.2 Å². The number of likely N-dealkylation sites (tertiary alicyclic amines) is 1. The van der Waals surface area contributed by atoms with Crippen molar-refractivity contribution in [3.63, 3.8) is 0 Å². The van der Waals surface area contributed by atoms with Gasteiger partial charge < -0.3 is 15.2 Å². The molecular formula is C21H20F3N5O2. The van der Waals surface area contributed by atoms with Crippen molar-refractivity contribution in [2.75, 3.05) is 13.1 Å². The summed E-state index contributed by atoms with van der Waals surface area (Å²) in [5.74, 6) is -0.919. The summed E-state index contributed by atoms with van der Waals surface area (Å²) in [5, 5.41) is 4.22. The third-order valence-corrected chi connectivity index (χ3v) is 5.35. The first-order chi connectivity index (χ1) is 14.8. The van der Waals surface area contributed by atoms with Gasteiger partial charge in [0.05, 0.1) is 23.4 Å². The maximum atomic E-state index is 13.3. The second-order valence-electron chi connectivity index (χ2n) is 7.42. The molecule has 0 spiro atoms. The predicted molar refractivity (Wildman–Crippen MR) is 106 cm³/mol. The fourth-order valence-corrected chi connectivity index (χ4v) is 3.78. The lowest BCUT2D eigenvalue weighted by atomic mass is 9.97.